The molecule has 2 N–H and O–H groups in total. The van der Waals surface area contributed by atoms with Crippen molar-refractivity contribution in [2.45, 2.75) is 52.3 Å². The third-order valence-corrected chi connectivity index (χ3v) is 3.42. The third-order valence-electron chi connectivity index (χ3n) is 3.42. The van der Waals surface area contributed by atoms with E-state index in [0.717, 1.165) is 13.0 Å². The Hall–Kier alpha value is -0.120. The van der Waals surface area contributed by atoms with E-state index < -0.39 is 0 Å². The van der Waals surface area contributed by atoms with Crippen LogP contribution < -0.4 is 5.73 Å². The lowest BCUT2D eigenvalue weighted by molar-refractivity contribution is 0.0426. The van der Waals surface area contributed by atoms with Gasteiger partial charge >= 0.3 is 0 Å². The van der Waals surface area contributed by atoms with Gasteiger partial charge in [0.05, 0.1) is 6.10 Å². The molecule has 0 fully saturated rings. The van der Waals surface area contributed by atoms with Crippen LogP contribution in [0.25, 0.3) is 0 Å². The molecule has 0 aromatic carbocycles. The maximum Gasteiger partial charge on any atom is 0.0695 e. The first kappa shape index (κ1) is 14.9. The van der Waals surface area contributed by atoms with Gasteiger partial charge in [0.15, 0.2) is 0 Å². The highest BCUT2D eigenvalue weighted by Gasteiger charge is 2.17. The number of ether oxygens (including phenoxy) is 1. The van der Waals surface area contributed by atoms with Gasteiger partial charge in [-0.3, -0.25) is 0 Å². The third kappa shape index (κ3) is 5.50. The summed E-state index contributed by atoms with van der Waals surface area (Å²) < 4.78 is 5.31. The summed E-state index contributed by atoms with van der Waals surface area (Å²) in [4.78, 5) is 2.32. The summed E-state index contributed by atoms with van der Waals surface area (Å²) in [6.07, 6.45) is 1.32. The van der Waals surface area contributed by atoms with E-state index in [-0.39, 0.29) is 6.10 Å². The van der Waals surface area contributed by atoms with E-state index in [1.54, 1.807) is 7.11 Å². The molecule has 0 rings (SSSR count). The van der Waals surface area contributed by atoms with Crippen molar-refractivity contribution >= 4 is 0 Å². The maximum absolute atomic E-state index is 6.02. The molecule has 3 nitrogen and oxygen atoms in total. The van der Waals surface area contributed by atoms with Crippen LogP contribution in [0.4, 0.5) is 0 Å². The summed E-state index contributed by atoms with van der Waals surface area (Å²) in [7, 11) is 3.89. The van der Waals surface area contributed by atoms with Crippen molar-refractivity contribution in [3.8, 4) is 0 Å². The Balaban J connectivity index is 3.87. The van der Waals surface area contributed by atoms with Gasteiger partial charge in [0.2, 0.25) is 0 Å². The van der Waals surface area contributed by atoms with Gasteiger partial charge in [-0.2, -0.15) is 0 Å². The molecular formula is C12H28N2O. The van der Waals surface area contributed by atoms with Gasteiger partial charge in [0, 0.05) is 19.2 Å². The van der Waals surface area contributed by atoms with Crippen LogP contribution in [-0.4, -0.2) is 43.8 Å². The number of hydrogen-bond acceptors (Lipinski definition) is 3. The fourth-order valence-electron chi connectivity index (χ4n) is 1.44. The van der Waals surface area contributed by atoms with Crippen LogP contribution >= 0.6 is 0 Å². The first-order valence-corrected chi connectivity index (χ1v) is 5.88. The summed E-state index contributed by atoms with van der Waals surface area (Å²) in [5.74, 6) is 0.563. The second-order valence-electron chi connectivity index (χ2n) is 4.86. The second-order valence-corrected chi connectivity index (χ2v) is 4.86. The molecule has 0 aromatic rings. The van der Waals surface area contributed by atoms with Gasteiger partial charge in [0.1, 0.15) is 0 Å². The molecule has 0 aliphatic heterocycles. The first-order valence-electron chi connectivity index (χ1n) is 5.88. The average Bonchev–Trinajstić information content (AvgIpc) is 2.22. The molecule has 92 valence electrons. The minimum absolute atomic E-state index is 0.269. The van der Waals surface area contributed by atoms with Crippen molar-refractivity contribution in [2.75, 3.05) is 20.7 Å². The summed E-state index contributed by atoms with van der Waals surface area (Å²) in [6.45, 7) is 9.67. The molecule has 0 radical (unpaired) electrons. The fraction of sp³-hybridized carbons (Fsp3) is 1.00. The lowest BCUT2D eigenvalue weighted by Gasteiger charge is -2.30. The van der Waals surface area contributed by atoms with Crippen molar-refractivity contribution in [1.29, 1.82) is 0 Å². The first-order chi connectivity index (χ1) is 6.90. The zero-order valence-electron chi connectivity index (χ0n) is 11.2. The highest BCUT2D eigenvalue weighted by atomic mass is 16.5. The molecule has 0 spiro atoms. The Morgan fingerprint density at radius 2 is 1.73 bits per heavy atom. The van der Waals surface area contributed by atoms with Crippen LogP contribution in [0.2, 0.25) is 0 Å². The molecular weight excluding hydrogens is 188 g/mol. The number of nitrogens with zero attached hydrogens (tertiary/aromatic N) is 1. The Labute approximate surface area is 95.0 Å². The number of methoxy groups -OCH3 is 1. The van der Waals surface area contributed by atoms with Crippen LogP contribution in [0.1, 0.15) is 34.1 Å². The Kier molecular flexibility index (Phi) is 7.14. The van der Waals surface area contributed by atoms with Crippen molar-refractivity contribution in [3.63, 3.8) is 0 Å². The van der Waals surface area contributed by atoms with Crippen molar-refractivity contribution in [3.05, 3.63) is 0 Å². The molecule has 15 heavy (non-hydrogen) atoms. The lowest BCUT2D eigenvalue weighted by atomic mass is 10.0. The molecule has 0 aliphatic rings. The highest BCUT2D eigenvalue weighted by Crippen LogP contribution is 2.08. The van der Waals surface area contributed by atoms with Crippen molar-refractivity contribution in [2.24, 2.45) is 11.7 Å². The molecule has 0 aliphatic carbocycles. The summed E-state index contributed by atoms with van der Waals surface area (Å²) in [6, 6.07) is 0.742. The van der Waals surface area contributed by atoms with E-state index in [9.17, 15) is 0 Å². The number of likely N-dealkylation sites (N-methyl/N-ethyl adjacent to an activating group) is 1. The standard InChI is InChI=1S/C12H28N2O/c1-9(2)12(13)7-8-14(5)10(3)11(4)15-6/h9-12H,7-8,13H2,1-6H3. The number of rotatable bonds is 7. The smallest absolute Gasteiger partial charge is 0.0695 e. The predicted molar refractivity (Wildman–Crippen MR) is 66.0 cm³/mol. The Morgan fingerprint density at radius 1 is 1.20 bits per heavy atom. The van der Waals surface area contributed by atoms with Crippen molar-refractivity contribution in [1.82, 2.24) is 4.90 Å². The normalized spacial score (nSPS) is 18.2. The van der Waals surface area contributed by atoms with E-state index in [0.29, 0.717) is 18.0 Å². The largest absolute Gasteiger partial charge is 0.380 e. The van der Waals surface area contributed by atoms with E-state index in [2.05, 4.69) is 39.6 Å². The Morgan fingerprint density at radius 3 is 2.13 bits per heavy atom. The van der Waals surface area contributed by atoms with E-state index >= 15 is 0 Å². The number of hydrogen-bond donors (Lipinski definition) is 1. The summed E-state index contributed by atoms with van der Waals surface area (Å²) in [5.41, 5.74) is 6.02. The zero-order chi connectivity index (χ0) is 12.0. The Bertz CT molecular complexity index is 162. The fourth-order valence-corrected chi connectivity index (χ4v) is 1.44. The lowest BCUT2D eigenvalue weighted by Crippen LogP contribution is -2.41. The van der Waals surface area contributed by atoms with Gasteiger partial charge in [-0.1, -0.05) is 13.8 Å². The molecule has 0 amide bonds. The number of nitrogens with two attached hydrogens (primary N) is 1. The van der Waals surface area contributed by atoms with Crippen LogP contribution in [0.5, 0.6) is 0 Å². The van der Waals surface area contributed by atoms with Crippen LogP contribution in [0, 0.1) is 5.92 Å². The molecule has 0 aromatic heterocycles. The summed E-state index contributed by atoms with van der Waals surface area (Å²) in [5, 5.41) is 0. The van der Waals surface area contributed by atoms with Gasteiger partial charge in [-0.05, 0) is 39.8 Å². The van der Waals surface area contributed by atoms with Crippen molar-refractivity contribution < 1.29 is 4.74 Å². The van der Waals surface area contributed by atoms with Crippen LogP contribution in [0.15, 0.2) is 0 Å². The maximum atomic E-state index is 6.02. The second kappa shape index (κ2) is 7.20. The molecule has 3 unspecified atom stereocenters. The SMILES string of the molecule is COC(C)C(C)N(C)CCC(N)C(C)C. The zero-order valence-corrected chi connectivity index (χ0v) is 11.2. The topological polar surface area (TPSA) is 38.5 Å². The molecule has 0 saturated heterocycles. The quantitative estimate of drug-likeness (QED) is 0.704. The van der Waals surface area contributed by atoms with E-state index in [4.69, 9.17) is 10.5 Å². The monoisotopic (exact) mass is 216 g/mol. The minimum atomic E-state index is 0.269. The van der Waals surface area contributed by atoms with Gasteiger partial charge in [-0.15, -0.1) is 0 Å². The van der Waals surface area contributed by atoms with Crippen LogP contribution in [-0.2, 0) is 4.74 Å². The van der Waals surface area contributed by atoms with Gasteiger partial charge in [0.25, 0.3) is 0 Å². The molecule has 3 atom stereocenters. The molecule has 3 heteroatoms. The van der Waals surface area contributed by atoms with Gasteiger partial charge < -0.3 is 15.4 Å². The van der Waals surface area contributed by atoms with E-state index in [1.165, 1.54) is 0 Å². The molecule has 0 heterocycles. The minimum Gasteiger partial charge on any atom is -0.380 e. The van der Waals surface area contributed by atoms with Gasteiger partial charge in [-0.25, -0.2) is 0 Å². The average molecular weight is 216 g/mol. The van der Waals surface area contributed by atoms with Crippen LogP contribution in [0.3, 0.4) is 0 Å². The summed E-state index contributed by atoms with van der Waals surface area (Å²) >= 11 is 0. The molecule has 0 bridgehead atoms. The predicted octanol–water partition coefficient (Wildman–Crippen LogP) is 1.71. The highest BCUT2D eigenvalue weighted by molar-refractivity contribution is 4.73. The molecule has 0 saturated carbocycles. The van der Waals surface area contributed by atoms with E-state index in [1.807, 2.05) is 0 Å².